The highest BCUT2D eigenvalue weighted by Gasteiger charge is 2.34. The number of hydrogen-bond donors (Lipinski definition) is 2. The van der Waals surface area contributed by atoms with E-state index < -0.39 is 52.1 Å². The highest BCUT2D eigenvalue weighted by atomic mass is 16.6. The SMILES string of the molecule is CC(C)(C)OC(=O)CCOCC(COCCC(=O)OC(C)(C)C)(COCCC(=O)OC(C)(C)C)NC(=O)CCCC(=O)O. The van der Waals surface area contributed by atoms with Crippen molar-refractivity contribution in [2.45, 2.75) is 123 Å². The number of ether oxygens (including phenoxy) is 6. The minimum Gasteiger partial charge on any atom is -0.481 e. The zero-order valence-corrected chi connectivity index (χ0v) is 27.4. The van der Waals surface area contributed by atoms with Crippen molar-refractivity contribution in [1.82, 2.24) is 5.32 Å². The van der Waals surface area contributed by atoms with Crippen LogP contribution in [-0.4, -0.2) is 96.9 Å². The van der Waals surface area contributed by atoms with Crippen LogP contribution in [0.4, 0.5) is 0 Å². The first kappa shape index (κ1) is 40.2. The molecule has 0 saturated heterocycles. The molecule has 0 heterocycles. The van der Waals surface area contributed by atoms with E-state index in [2.05, 4.69) is 5.32 Å². The quantitative estimate of drug-likeness (QED) is 0.116. The van der Waals surface area contributed by atoms with E-state index in [0.717, 1.165) is 0 Å². The monoisotopic (exact) mass is 619 g/mol. The van der Waals surface area contributed by atoms with Gasteiger partial charge in [0.25, 0.3) is 0 Å². The van der Waals surface area contributed by atoms with E-state index in [-0.39, 0.29) is 78.2 Å². The lowest BCUT2D eigenvalue weighted by Gasteiger charge is -2.34. The molecular formula is C30H53NO12. The summed E-state index contributed by atoms with van der Waals surface area (Å²) in [6.45, 7) is 15.2. The highest BCUT2D eigenvalue weighted by molar-refractivity contribution is 5.77. The first-order valence-electron chi connectivity index (χ1n) is 14.5. The molecule has 0 atom stereocenters. The van der Waals surface area contributed by atoms with Gasteiger partial charge in [-0.3, -0.25) is 24.0 Å². The summed E-state index contributed by atoms with van der Waals surface area (Å²) < 4.78 is 33.2. The molecule has 0 saturated carbocycles. The predicted octanol–water partition coefficient (Wildman–Crippen LogP) is 3.34. The van der Waals surface area contributed by atoms with Crippen LogP contribution in [0.15, 0.2) is 0 Å². The molecule has 0 fully saturated rings. The standard InChI is InChI=1S/C30H53NO12/c1-27(2,3)41-24(35)13-16-38-19-30(31-22(32)11-10-12-23(33)34,20-39-17-14-25(36)42-28(4,5)6)21-40-18-15-26(37)43-29(7,8)9/h10-21H2,1-9H3,(H,31,32)(H,33,34). The molecule has 1 amide bonds. The molecule has 0 aliphatic heterocycles. The Morgan fingerprint density at radius 1 is 0.535 bits per heavy atom. The van der Waals surface area contributed by atoms with Crippen LogP contribution < -0.4 is 5.32 Å². The number of amides is 1. The zero-order valence-electron chi connectivity index (χ0n) is 27.4. The van der Waals surface area contributed by atoms with E-state index >= 15 is 0 Å². The molecule has 0 bridgehead atoms. The van der Waals surface area contributed by atoms with Gasteiger partial charge in [-0.2, -0.15) is 0 Å². The smallest absolute Gasteiger partial charge is 0.308 e. The van der Waals surface area contributed by atoms with Crippen LogP contribution in [0, 0.1) is 0 Å². The molecular weight excluding hydrogens is 566 g/mol. The number of nitrogens with one attached hydrogen (secondary N) is 1. The van der Waals surface area contributed by atoms with Crippen LogP contribution >= 0.6 is 0 Å². The number of rotatable bonds is 20. The summed E-state index contributed by atoms with van der Waals surface area (Å²) in [4.78, 5) is 60.1. The molecule has 0 radical (unpaired) electrons. The van der Waals surface area contributed by atoms with Gasteiger partial charge in [0.05, 0.1) is 58.9 Å². The lowest BCUT2D eigenvalue weighted by Crippen LogP contribution is -2.58. The van der Waals surface area contributed by atoms with Gasteiger partial charge in [-0.1, -0.05) is 0 Å². The summed E-state index contributed by atoms with van der Waals surface area (Å²) in [6, 6.07) is 0. The van der Waals surface area contributed by atoms with Crippen molar-refractivity contribution < 1.29 is 57.5 Å². The second kappa shape index (κ2) is 18.8. The minimum absolute atomic E-state index is 0.0264. The minimum atomic E-state index is -1.30. The fourth-order valence-electron chi connectivity index (χ4n) is 3.44. The van der Waals surface area contributed by atoms with Crippen molar-refractivity contribution in [3.05, 3.63) is 0 Å². The molecule has 0 aromatic carbocycles. The van der Waals surface area contributed by atoms with E-state index in [1.807, 2.05) is 0 Å². The Hall–Kier alpha value is -2.77. The zero-order chi connectivity index (χ0) is 33.3. The van der Waals surface area contributed by atoms with Gasteiger partial charge in [0, 0.05) is 12.8 Å². The number of carbonyl (C=O) groups excluding carboxylic acids is 4. The summed E-state index contributed by atoms with van der Waals surface area (Å²) in [7, 11) is 0. The Balaban J connectivity index is 5.58. The molecule has 2 N–H and O–H groups in total. The fraction of sp³-hybridized carbons (Fsp3) is 0.833. The number of aliphatic carboxylic acids is 1. The van der Waals surface area contributed by atoms with Crippen LogP contribution in [-0.2, 0) is 52.4 Å². The van der Waals surface area contributed by atoms with Gasteiger partial charge in [0.1, 0.15) is 22.3 Å². The average Bonchev–Trinajstić information content (AvgIpc) is 2.79. The number of carbonyl (C=O) groups is 5. The van der Waals surface area contributed by atoms with Crippen molar-refractivity contribution in [2.75, 3.05) is 39.6 Å². The van der Waals surface area contributed by atoms with Crippen molar-refractivity contribution >= 4 is 29.8 Å². The fourth-order valence-corrected chi connectivity index (χ4v) is 3.44. The van der Waals surface area contributed by atoms with E-state index in [1.165, 1.54) is 0 Å². The van der Waals surface area contributed by atoms with Gasteiger partial charge in [0.15, 0.2) is 0 Å². The Morgan fingerprint density at radius 2 is 0.860 bits per heavy atom. The molecule has 13 heteroatoms. The number of hydrogen-bond acceptors (Lipinski definition) is 11. The van der Waals surface area contributed by atoms with E-state index in [1.54, 1.807) is 62.3 Å². The van der Waals surface area contributed by atoms with Gasteiger partial charge in [-0.25, -0.2) is 0 Å². The van der Waals surface area contributed by atoms with Crippen LogP contribution in [0.25, 0.3) is 0 Å². The third-order valence-electron chi connectivity index (χ3n) is 4.95. The van der Waals surface area contributed by atoms with Crippen LogP contribution in [0.3, 0.4) is 0 Å². The lowest BCUT2D eigenvalue weighted by atomic mass is 10.0. The molecule has 0 unspecified atom stereocenters. The normalized spacial score (nSPS) is 12.4. The first-order valence-corrected chi connectivity index (χ1v) is 14.5. The third-order valence-corrected chi connectivity index (χ3v) is 4.95. The van der Waals surface area contributed by atoms with Gasteiger partial charge in [-0.05, 0) is 68.7 Å². The van der Waals surface area contributed by atoms with Crippen molar-refractivity contribution in [3.8, 4) is 0 Å². The average molecular weight is 620 g/mol. The second-order valence-corrected chi connectivity index (χ2v) is 13.2. The Morgan fingerprint density at radius 3 is 1.14 bits per heavy atom. The summed E-state index contributed by atoms with van der Waals surface area (Å²) >= 11 is 0. The van der Waals surface area contributed by atoms with E-state index in [4.69, 9.17) is 33.5 Å². The van der Waals surface area contributed by atoms with Crippen molar-refractivity contribution in [3.63, 3.8) is 0 Å². The summed E-state index contributed by atoms with van der Waals surface area (Å²) in [6.07, 6.45) is -0.292. The molecule has 0 aromatic heterocycles. The molecule has 0 aliphatic rings. The summed E-state index contributed by atoms with van der Waals surface area (Å²) in [5.74, 6) is -2.88. The number of carboxylic acids is 1. The molecule has 0 aromatic rings. The Kier molecular flexibility index (Phi) is 17.6. The van der Waals surface area contributed by atoms with Gasteiger partial charge >= 0.3 is 23.9 Å². The second-order valence-electron chi connectivity index (χ2n) is 13.2. The maximum Gasteiger partial charge on any atom is 0.308 e. The molecule has 43 heavy (non-hydrogen) atoms. The maximum absolute atomic E-state index is 12.8. The first-order chi connectivity index (χ1) is 19.6. The van der Waals surface area contributed by atoms with Crippen LogP contribution in [0.1, 0.15) is 101 Å². The largest absolute Gasteiger partial charge is 0.481 e. The van der Waals surface area contributed by atoms with Gasteiger partial charge in [0.2, 0.25) is 5.91 Å². The Bertz CT molecular complexity index is 808. The molecule has 0 aliphatic carbocycles. The van der Waals surface area contributed by atoms with Gasteiger partial charge < -0.3 is 38.8 Å². The maximum atomic E-state index is 12.8. The molecule has 13 nitrogen and oxygen atoms in total. The van der Waals surface area contributed by atoms with Crippen LogP contribution in [0.2, 0.25) is 0 Å². The molecule has 0 spiro atoms. The van der Waals surface area contributed by atoms with E-state index in [9.17, 15) is 24.0 Å². The molecule has 0 rings (SSSR count). The lowest BCUT2D eigenvalue weighted by molar-refractivity contribution is -0.157. The summed E-state index contributed by atoms with van der Waals surface area (Å²) in [5.41, 5.74) is -3.27. The topological polar surface area (TPSA) is 173 Å². The number of carboxylic acid groups (broad SMARTS) is 1. The predicted molar refractivity (Wildman–Crippen MR) is 156 cm³/mol. The van der Waals surface area contributed by atoms with E-state index in [0.29, 0.717) is 0 Å². The van der Waals surface area contributed by atoms with Crippen molar-refractivity contribution in [1.29, 1.82) is 0 Å². The van der Waals surface area contributed by atoms with Gasteiger partial charge in [-0.15, -0.1) is 0 Å². The Labute approximate surface area is 255 Å². The third kappa shape index (κ3) is 24.4. The molecule has 250 valence electrons. The highest BCUT2D eigenvalue weighted by Crippen LogP contribution is 2.14. The van der Waals surface area contributed by atoms with Crippen LogP contribution in [0.5, 0.6) is 0 Å². The summed E-state index contributed by atoms with van der Waals surface area (Å²) in [5, 5.41) is 11.8. The van der Waals surface area contributed by atoms with Crippen molar-refractivity contribution in [2.24, 2.45) is 0 Å². The number of esters is 3.